The van der Waals surface area contributed by atoms with Crippen LogP contribution in [0.15, 0.2) is 87.5 Å². The normalized spacial score (nSPS) is 11.1. The van der Waals surface area contributed by atoms with Crippen LogP contribution in [0.2, 0.25) is 0 Å². The zero-order chi connectivity index (χ0) is 19.4. The van der Waals surface area contributed by atoms with E-state index in [1.807, 2.05) is 30.3 Å². The zero-order valence-electron chi connectivity index (χ0n) is 13.8. The zero-order valence-corrected chi connectivity index (χ0v) is 15.4. The Morgan fingerprint density at radius 1 is 0.963 bits per heavy atom. The van der Waals surface area contributed by atoms with Gasteiger partial charge in [-0.2, -0.15) is 0 Å². The Kier molecular flexibility index (Phi) is 5.48. The van der Waals surface area contributed by atoms with Crippen molar-refractivity contribution in [2.45, 2.75) is 14.7 Å². The number of carboxylic acid groups (broad SMARTS) is 1. The molecule has 3 aromatic carbocycles. The summed E-state index contributed by atoms with van der Waals surface area (Å²) in [6.07, 6.45) is 0. The van der Waals surface area contributed by atoms with E-state index in [0.717, 1.165) is 23.1 Å². The van der Waals surface area contributed by atoms with Crippen molar-refractivity contribution in [1.82, 2.24) is 0 Å². The SMILES string of the molecule is O=C(O)c1cc(S(=O)(=O)Nc2ccccc2Sc2ccccc2)ccc1F. The third-order valence-corrected chi connectivity index (χ3v) is 6.03. The molecule has 2 N–H and O–H groups in total. The van der Waals surface area contributed by atoms with Crippen molar-refractivity contribution < 1.29 is 22.7 Å². The lowest BCUT2D eigenvalue weighted by molar-refractivity contribution is 0.0691. The fourth-order valence-electron chi connectivity index (χ4n) is 2.29. The summed E-state index contributed by atoms with van der Waals surface area (Å²) in [5, 5.41) is 9.00. The Hall–Kier alpha value is -2.84. The maximum absolute atomic E-state index is 13.5. The molecule has 0 spiro atoms. The molecule has 0 saturated heterocycles. The molecule has 3 rings (SSSR count). The first-order valence-corrected chi connectivity index (χ1v) is 10.0. The molecule has 0 amide bonds. The molecule has 0 radical (unpaired) electrons. The molecule has 8 heteroatoms. The number of aromatic carboxylic acids is 1. The van der Waals surface area contributed by atoms with Gasteiger partial charge in [-0.3, -0.25) is 4.72 Å². The summed E-state index contributed by atoms with van der Waals surface area (Å²) < 4.78 is 41.3. The fraction of sp³-hybridized carbons (Fsp3) is 0. The number of para-hydroxylation sites is 1. The second kappa shape index (κ2) is 7.81. The lowest BCUT2D eigenvalue weighted by Crippen LogP contribution is -2.15. The molecule has 0 aliphatic heterocycles. The number of hydrogen-bond acceptors (Lipinski definition) is 4. The number of anilines is 1. The Labute approximate surface area is 159 Å². The van der Waals surface area contributed by atoms with E-state index in [9.17, 15) is 17.6 Å². The van der Waals surface area contributed by atoms with Crippen molar-refractivity contribution in [3.63, 3.8) is 0 Å². The summed E-state index contributed by atoms with van der Waals surface area (Å²) in [4.78, 5) is 12.3. The number of nitrogens with one attached hydrogen (secondary N) is 1. The van der Waals surface area contributed by atoms with E-state index in [2.05, 4.69) is 4.72 Å². The van der Waals surface area contributed by atoms with Gasteiger partial charge >= 0.3 is 5.97 Å². The predicted octanol–water partition coefficient (Wildman–Crippen LogP) is 4.48. The minimum absolute atomic E-state index is 0.333. The van der Waals surface area contributed by atoms with Crippen LogP contribution < -0.4 is 4.72 Å². The Morgan fingerprint density at radius 2 is 1.63 bits per heavy atom. The van der Waals surface area contributed by atoms with Crippen LogP contribution in [0.3, 0.4) is 0 Å². The fourth-order valence-corrected chi connectivity index (χ4v) is 4.39. The number of carbonyl (C=O) groups is 1. The molecule has 0 bridgehead atoms. The first-order valence-electron chi connectivity index (χ1n) is 7.74. The lowest BCUT2D eigenvalue weighted by atomic mass is 10.2. The largest absolute Gasteiger partial charge is 0.478 e. The molecule has 27 heavy (non-hydrogen) atoms. The number of hydrogen-bond donors (Lipinski definition) is 2. The molecule has 138 valence electrons. The smallest absolute Gasteiger partial charge is 0.338 e. The van der Waals surface area contributed by atoms with Crippen LogP contribution in [0, 0.1) is 5.82 Å². The topological polar surface area (TPSA) is 83.5 Å². The number of halogens is 1. The minimum Gasteiger partial charge on any atom is -0.478 e. The van der Waals surface area contributed by atoms with Crippen LogP contribution in [-0.4, -0.2) is 19.5 Å². The number of carboxylic acids is 1. The van der Waals surface area contributed by atoms with Crippen LogP contribution >= 0.6 is 11.8 Å². The van der Waals surface area contributed by atoms with E-state index >= 15 is 0 Å². The molecule has 0 aliphatic carbocycles. The van der Waals surface area contributed by atoms with Gasteiger partial charge in [0.2, 0.25) is 0 Å². The first-order chi connectivity index (χ1) is 12.9. The highest BCUT2D eigenvalue weighted by molar-refractivity contribution is 7.99. The Morgan fingerprint density at radius 3 is 2.33 bits per heavy atom. The van der Waals surface area contributed by atoms with Crippen molar-refractivity contribution in [2.24, 2.45) is 0 Å². The van der Waals surface area contributed by atoms with Gasteiger partial charge in [0.05, 0.1) is 16.1 Å². The highest BCUT2D eigenvalue weighted by Crippen LogP contribution is 2.34. The molecular weight excluding hydrogens is 389 g/mol. The second-order valence-electron chi connectivity index (χ2n) is 5.46. The van der Waals surface area contributed by atoms with Crippen molar-refractivity contribution in [3.8, 4) is 0 Å². The van der Waals surface area contributed by atoms with Gasteiger partial charge < -0.3 is 5.11 Å². The third kappa shape index (κ3) is 4.47. The summed E-state index contributed by atoms with van der Waals surface area (Å²) in [7, 11) is -4.09. The Bertz CT molecular complexity index is 1090. The van der Waals surface area contributed by atoms with Crippen molar-refractivity contribution >= 4 is 33.4 Å². The highest BCUT2D eigenvalue weighted by atomic mass is 32.2. The van der Waals surface area contributed by atoms with Crippen LogP contribution in [0.5, 0.6) is 0 Å². The standard InChI is InChI=1S/C19H14FNO4S2/c20-16-11-10-14(12-15(16)19(22)23)27(24,25)21-17-8-4-5-9-18(17)26-13-6-2-1-3-7-13/h1-12,21H,(H,22,23). The molecule has 0 heterocycles. The maximum Gasteiger partial charge on any atom is 0.338 e. The number of sulfonamides is 1. The van der Waals surface area contributed by atoms with Crippen molar-refractivity contribution in [2.75, 3.05) is 4.72 Å². The summed E-state index contributed by atoms with van der Waals surface area (Å²) in [6, 6.07) is 18.9. The average molecular weight is 403 g/mol. The van der Waals surface area contributed by atoms with Gasteiger partial charge in [0.1, 0.15) is 5.82 Å². The molecule has 3 aromatic rings. The summed E-state index contributed by atoms with van der Waals surface area (Å²) in [5.41, 5.74) is -0.364. The first kappa shape index (κ1) is 18.9. The summed E-state index contributed by atoms with van der Waals surface area (Å²) >= 11 is 1.38. The van der Waals surface area contributed by atoms with Gasteiger partial charge in [-0.25, -0.2) is 17.6 Å². The number of rotatable bonds is 6. The Balaban J connectivity index is 1.93. The van der Waals surface area contributed by atoms with E-state index in [1.54, 1.807) is 24.3 Å². The van der Waals surface area contributed by atoms with Gasteiger partial charge in [0.25, 0.3) is 10.0 Å². The van der Waals surface area contributed by atoms with Gasteiger partial charge in [-0.15, -0.1) is 0 Å². The van der Waals surface area contributed by atoms with E-state index in [4.69, 9.17) is 5.11 Å². The molecule has 0 aliphatic rings. The van der Waals surface area contributed by atoms with Crippen molar-refractivity contribution in [1.29, 1.82) is 0 Å². The van der Waals surface area contributed by atoms with Gasteiger partial charge in [-0.05, 0) is 42.5 Å². The monoisotopic (exact) mass is 403 g/mol. The van der Waals surface area contributed by atoms with Crippen LogP contribution in [0.25, 0.3) is 0 Å². The summed E-state index contributed by atoms with van der Waals surface area (Å²) in [5.74, 6) is -2.54. The van der Waals surface area contributed by atoms with E-state index in [-0.39, 0.29) is 4.90 Å². The van der Waals surface area contributed by atoms with Gasteiger partial charge in [-0.1, -0.05) is 42.1 Å². The van der Waals surface area contributed by atoms with Crippen LogP contribution in [0.1, 0.15) is 10.4 Å². The number of benzene rings is 3. The highest BCUT2D eigenvalue weighted by Gasteiger charge is 2.20. The molecule has 0 saturated carbocycles. The molecule has 0 fully saturated rings. The third-order valence-electron chi connectivity index (χ3n) is 3.58. The average Bonchev–Trinajstić information content (AvgIpc) is 2.64. The van der Waals surface area contributed by atoms with E-state index < -0.39 is 27.4 Å². The molecule has 0 atom stereocenters. The van der Waals surface area contributed by atoms with Crippen molar-refractivity contribution in [3.05, 3.63) is 84.2 Å². The van der Waals surface area contributed by atoms with E-state index in [0.29, 0.717) is 10.6 Å². The molecule has 5 nitrogen and oxygen atoms in total. The summed E-state index contributed by atoms with van der Waals surface area (Å²) in [6.45, 7) is 0. The molecule has 0 aromatic heterocycles. The lowest BCUT2D eigenvalue weighted by Gasteiger charge is -2.13. The molecule has 0 unspecified atom stereocenters. The molecular formula is C19H14FNO4S2. The van der Waals surface area contributed by atoms with Gasteiger partial charge in [0, 0.05) is 9.79 Å². The minimum atomic E-state index is -4.09. The van der Waals surface area contributed by atoms with Gasteiger partial charge in [0.15, 0.2) is 0 Å². The van der Waals surface area contributed by atoms with Crippen LogP contribution in [-0.2, 0) is 10.0 Å². The quantitative estimate of drug-likeness (QED) is 0.634. The second-order valence-corrected chi connectivity index (χ2v) is 8.26. The predicted molar refractivity (Wildman–Crippen MR) is 101 cm³/mol. The maximum atomic E-state index is 13.5. The van der Waals surface area contributed by atoms with E-state index in [1.165, 1.54) is 11.8 Å². The van der Waals surface area contributed by atoms with Crippen LogP contribution in [0.4, 0.5) is 10.1 Å².